The van der Waals surface area contributed by atoms with Crippen molar-refractivity contribution in [2.45, 2.75) is 30.7 Å². The van der Waals surface area contributed by atoms with Crippen molar-refractivity contribution in [2.75, 3.05) is 17.5 Å². The maximum Gasteiger partial charge on any atom is 0.179 e. The highest BCUT2D eigenvalue weighted by atomic mass is 35.5. The third-order valence-electron chi connectivity index (χ3n) is 2.46. The molecule has 1 atom stereocenters. The number of pyridine rings is 1. The zero-order valence-electron chi connectivity index (χ0n) is 9.98. The molecule has 1 aromatic rings. The van der Waals surface area contributed by atoms with Gasteiger partial charge in [-0.15, -0.1) is 11.6 Å². The zero-order chi connectivity index (χ0) is 12.9. The Morgan fingerprint density at radius 2 is 2.24 bits per heavy atom. The zero-order valence-corrected chi connectivity index (χ0v) is 11.6. The summed E-state index contributed by atoms with van der Waals surface area (Å²) >= 11 is 5.69. The smallest absolute Gasteiger partial charge is 0.179 e. The largest absolute Gasteiger partial charge is 0.366 e. The van der Waals surface area contributed by atoms with E-state index in [2.05, 4.69) is 10.3 Å². The molecule has 1 heterocycles. The van der Waals surface area contributed by atoms with Crippen molar-refractivity contribution in [3.8, 4) is 0 Å². The van der Waals surface area contributed by atoms with Crippen LogP contribution in [0.1, 0.15) is 19.8 Å². The highest BCUT2D eigenvalue weighted by molar-refractivity contribution is 7.90. The van der Waals surface area contributed by atoms with Gasteiger partial charge in [-0.1, -0.05) is 6.92 Å². The van der Waals surface area contributed by atoms with Crippen LogP contribution in [0.2, 0.25) is 0 Å². The fourth-order valence-corrected chi connectivity index (χ4v) is 2.55. The minimum Gasteiger partial charge on any atom is -0.366 e. The third-order valence-corrected chi connectivity index (χ3v) is 3.81. The van der Waals surface area contributed by atoms with Gasteiger partial charge in [0, 0.05) is 24.4 Å². The van der Waals surface area contributed by atoms with Gasteiger partial charge >= 0.3 is 0 Å². The number of nitrogens with zero attached hydrogens (tertiary/aromatic N) is 1. The Labute approximate surface area is 107 Å². The van der Waals surface area contributed by atoms with Crippen LogP contribution in [0.3, 0.4) is 0 Å². The number of halogens is 1. The predicted octanol–water partition coefficient (Wildman–Crippen LogP) is 2.30. The molecule has 0 radical (unpaired) electrons. The number of anilines is 1. The molecule has 1 unspecified atom stereocenters. The van der Waals surface area contributed by atoms with E-state index in [9.17, 15) is 8.42 Å². The lowest BCUT2D eigenvalue weighted by Gasteiger charge is -2.17. The van der Waals surface area contributed by atoms with Crippen LogP contribution in [-0.4, -0.2) is 31.6 Å². The molecule has 96 valence electrons. The molecule has 0 amide bonds. The molecule has 1 N–H and O–H groups in total. The van der Waals surface area contributed by atoms with E-state index < -0.39 is 9.84 Å². The fraction of sp³-hybridized carbons (Fsp3) is 0.545. The average molecular weight is 277 g/mol. The Hall–Kier alpha value is -0.810. The van der Waals surface area contributed by atoms with E-state index in [1.807, 2.05) is 6.92 Å². The van der Waals surface area contributed by atoms with E-state index >= 15 is 0 Å². The summed E-state index contributed by atoms with van der Waals surface area (Å²) in [6, 6.07) is 3.31. The molecule has 0 saturated heterocycles. The van der Waals surface area contributed by atoms with Crippen molar-refractivity contribution in [1.82, 2.24) is 4.98 Å². The SMILES string of the molecule is CCC(CCCl)Nc1ncccc1S(C)(=O)=O. The van der Waals surface area contributed by atoms with Crippen molar-refractivity contribution < 1.29 is 8.42 Å². The second kappa shape index (κ2) is 6.21. The quantitative estimate of drug-likeness (QED) is 0.810. The second-order valence-corrected chi connectivity index (χ2v) is 6.21. The van der Waals surface area contributed by atoms with Crippen LogP contribution in [0.5, 0.6) is 0 Å². The average Bonchev–Trinajstić information content (AvgIpc) is 2.27. The molecule has 0 bridgehead atoms. The van der Waals surface area contributed by atoms with Gasteiger partial charge in [0.2, 0.25) is 0 Å². The van der Waals surface area contributed by atoms with Crippen LogP contribution >= 0.6 is 11.6 Å². The molecule has 0 aliphatic heterocycles. The van der Waals surface area contributed by atoms with Gasteiger partial charge in [-0.25, -0.2) is 13.4 Å². The van der Waals surface area contributed by atoms with Gasteiger partial charge in [0.25, 0.3) is 0 Å². The van der Waals surface area contributed by atoms with E-state index in [0.717, 1.165) is 12.8 Å². The molecule has 0 saturated carbocycles. The number of hydrogen-bond donors (Lipinski definition) is 1. The summed E-state index contributed by atoms with van der Waals surface area (Å²) in [5.41, 5.74) is 0. The normalized spacial score (nSPS) is 13.4. The third kappa shape index (κ3) is 4.16. The van der Waals surface area contributed by atoms with Gasteiger partial charge in [0.15, 0.2) is 9.84 Å². The number of hydrogen-bond acceptors (Lipinski definition) is 4. The summed E-state index contributed by atoms with van der Waals surface area (Å²) in [5.74, 6) is 0.944. The van der Waals surface area contributed by atoms with Crippen molar-refractivity contribution in [1.29, 1.82) is 0 Å². The van der Waals surface area contributed by atoms with Gasteiger partial charge < -0.3 is 5.32 Å². The van der Waals surface area contributed by atoms with E-state index in [4.69, 9.17) is 11.6 Å². The molecular formula is C11H17ClN2O2S. The molecular weight excluding hydrogens is 260 g/mol. The van der Waals surface area contributed by atoms with Crippen LogP contribution in [-0.2, 0) is 9.84 Å². The van der Waals surface area contributed by atoms with Crippen molar-refractivity contribution in [2.24, 2.45) is 0 Å². The Kier molecular flexibility index (Phi) is 5.21. The highest BCUT2D eigenvalue weighted by Gasteiger charge is 2.16. The van der Waals surface area contributed by atoms with Crippen LogP contribution in [0.15, 0.2) is 23.2 Å². The van der Waals surface area contributed by atoms with Crippen LogP contribution in [0.4, 0.5) is 5.82 Å². The van der Waals surface area contributed by atoms with Crippen LogP contribution in [0, 0.1) is 0 Å². The summed E-state index contributed by atoms with van der Waals surface area (Å²) in [4.78, 5) is 4.31. The second-order valence-electron chi connectivity index (χ2n) is 3.85. The van der Waals surface area contributed by atoms with Crippen molar-refractivity contribution in [3.05, 3.63) is 18.3 Å². The minimum absolute atomic E-state index is 0.142. The van der Waals surface area contributed by atoms with Gasteiger partial charge in [-0.05, 0) is 25.0 Å². The summed E-state index contributed by atoms with van der Waals surface area (Å²) in [6.07, 6.45) is 4.40. The maximum absolute atomic E-state index is 11.6. The van der Waals surface area contributed by atoms with E-state index in [0.29, 0.717) is 11.7 Å². The Balaban J connectivity index is 2.98. The fourth-order valence-electron chi connectivity index (χ4n) is 1.50. The Bertz CT molecular complexity index is 462. The highest BCUT2D eigenvalue weighted by Crippen LogP contribution is 2.19. The van der Waals surface area contributed by atoms with Crippen LogP contribution < -0.4 is 5.32 Å². The summed E-state index contributed by atoms with van der Waals surface area (Å²) in [5, 5.41) is 3.13. The number of rotatable bonds is 6. The summed E-state index contributed by atoms with van der Waals surface area (Å²) < 4.78 is 23.2. The topological polar surface area (TPSA) is 59.1 Å². The molecule has 1 rings (SSSR count). The standard InChI is InChI=1S/C11H17ClN2O2S/c1-3-9(6-7-12)14-11-10(17(2,15)16)5-4-8-13-11/h4-5,8-9H,3,6-7H2,1-2H3,(H,13,14). The number of nitrogens with one attached hydrogen (secondary N) is 1. The lowest BCUT2D eigenvalue weighted by molar-refractivity contribution is 0.601. The van der Waals surface area contributed by atoms with Gasteiger partial charge in [0.1, 0.15) is 10.7 Å². The molecule has 0 aliphatic carbocycles. The summed E-state index contributed by atoms with van der Waals surface area (Å²) in [6.45, 7) is 2.02. The first-order chi connectivity index (χ1) is 7.99. The van der Waals surface area contributed by atoms with E-state index in [1.54, 1.807) is 18.3 Å². The number of alkyl halides is 1. The lowest BCUT2D eigenvalue weighted by Crippen LogP contribution is -2.21. The van der Waals surface area contributed by atoms with Crippen molar-refractivity contribution in [3.63, 3.8) is 0 Å². The molecule has 1 aromatic heterocycles. The minimum atomic E-state index is -3.26. The van der Waals surface area contributed by atoms with Crippen LogP contribution in [0.25, 0.3) is 0 Å². The Morgan fingerprint density at radius 1 is 1.53 bits per heavy atom. The lowest BCUT2D eigenvalue weighted by atomic mass is 10.2. The molecule has 17 heavy (non-hydrogen) atoms. The molecule has 0 fully saturated rings. The summed E-state index contributed by atoms with van der Waals surface area (Å²) in [7, 11) is -3.26. The first-order valence-electron chi connectivity index (χ1n) is 5.46. The maximum atomic E-state index is 11.6. The van der Waals surface area contributed by atoms with E-state index in [1.165, 1.54) is 6.26 Å². The molecule has 0 aliphatic rings. The molecule has 0 spiro atoms. The van der Waals surface area contributed by atoms with Gasteiger partial charge in [-0.2, -0.15) is 0 Å². The number of sulfone groups is 1. The first kappa shape index (κ1) is 14.3. The number of aromatic nitrogens is 1. The van der Waals surface area contributed by atoms with Gasteiger partial charge in [-0.3, -0.25) is 0 Å². The molecule has 6 heteroatoms. The molecule has 0 aromatic carbocycles. The Morgan fingerprint density at radius 3 is 2.76 bits per heavy atom. The van der Waals surface area contributed by atoms with Crippen molar-refractivity contribution >= 4 is 27.3 Å². The first-order valence-corrected chi connectivity index (χ1v) is 7.89. The van der Waals surface area contributed by atoms with E-state index in [-0.39, 0.29) is 10.9 Å². The predicted molar refractivity (Wildman–Crippen MR) is 70.4 cm³/mol. The monoisotopic (exact) mass is 276 g/mol. The molecule has 4 nitrogen and oxygen atoms in total. The van der Waals surface area contributed by atoms with Gasteiger partial charge in [0.05, 0.1) is 0 Å².